The van der Waals surface area contributed by atoms with E-state index in [0.717, 1.165) is 6.08 Å². The topological polar surface area (TPSA) is 136 Å². The van der Waals surface area contributed by atoms with Crippen LogP contribution >= 0.6 is 0 Å². The minimum Gasteiger partial charge on any atom is -0.504 e. The van der Waals surface area contributed by atoms with Crippen LogP contribution in [-0.4, -0.2) is 57.2 Å². The Hall–Kier alpha value is -2.58. The van der Waals surface area contributed by atoms with Crippen molar-refractivity contribution in [3.8, 4) is 11.5 Å². The molecule has 0 aliphatic heterocycles. The Bertz CT molecular complexity index is 688. The molecule has 1 saturated carbocycles. The number of amides is 1. The molecule has 1 aromatic carbocycles. The van der Waals surface area contributed by atoms with Crippen molar-refractivity contribution in [2.24, 2.45) is 0 Å². The number of aromatic hydroxyl groups is 2. The molecule has 1 aromatic rings. The van der Waals surface area contributed by atoms with E-state index in [4.69, 9.17) is 4.74 Å². The van der Waals surface area contributed by atoms with Gasteiger partial charge >= 0.3 is 5.97 Å². The number of carbonyl (C=O) groups is 2. The molecule has 5 N–H and O–H groups in total. The van der Waals surface area contributed by atoms with Gasteiger partial charge in [0, 0.05) is 19.5 Å². The van der Waals surface area contributed by atoms with Gasteiger partial charge in [0.25, 0.3) is 5.91 Å². The zero-order valence-electron chi connectivity index (χ0n) is 13.7. The second-order valence-corrected chi connectivity index (χ2v) is 5.98. The van der Waals surface area contributed by atoms with Gasteiger partial charge in [-0.3, -0.25) is 4.79 Å². The average Bonchev–Trinajstić information content (AvgIpc) is 2.58. The first-order valence-corrected chi connectivity index (χ1v) is 7.78. The first-order valence-electron chi connectivity index (χ1n) is 7.78. The van der Waals surface area contributed by atoms with Crippen molar-refractivity contribution in [3.63, 3.8) is 0 Å². The molecule has 0 unspecified atom stereocenters. The Morgan fingerprint density at radius 2 is 2.04 bits per heavy atom. The summed E-state index contributed by atoms with van der Waals surface area (Å²) >= 11 is 0. The lowest BCUT2D eigenvalue weighted by Crippen LogP contribution is -2.54. The third kappa shape index (κ3) is 4.49. The molecular weight excluding hydrogens is 330 g/mol. The van der Waals surface area contributed by atoms with Gasteiger partial charge in [-0.15, -0.1) is 0 Å². The number of hydrogen-bond acceptors (Lipinski definition) is 7. The molecule has 1 aliphatic carbocycles. The average molecular weight is 351 g/mol. The molecule has 1 amide bonds. The monoisotopic (exact) mass is 351 g/mol. The number of aliphatic hydroxyl groups excluding tert-OH is 1. The van der Waals surface area contributed by atoms with Gasteiger partial charge in [-0.25, -0.2) is 4.79 Å². The Labute approximate surface area is 144 Å². The zero-order valence-corrected chi connectivity index (χ0v) is 13.7. The summed E-state index contributed by atoms with van der Waals surface area (Å²) in [5.74, 6) is -1.96. The highest BCUT2D eigenvalue weighted by Gasteiger charge is 2.45. The molecule has 1 fully saturated rings. The van der Waals surface area contributed by atoms with Gasteiger partial charge < -0.3 is 30.5 Å². The third-order valence-electron chi connectivity index (χ3n) is 4.15. The highest BCUT2D eigenvalue weighted by molar-refractivity contribution is 5.88. The van der Waals surface area contributed by atoms with Crippen LogP contribution in [0.4, 0.5) is 0 Å². The van der Waals surface area contributed by atoms with Crippen LogP contribution in [-0.2, 0) is 14.3 Å². The molecule has 3 atom stereocenters. The van der Waals surface area contributed by atoms with E-state index < -0.39 is 29.7 Å². The smallest absolute Gasteiger partial charge is 0.331 e. The van der Waals surface area contributed by atoms with Gasteiger partial charge in [0.05, 0.1) is 6.10 Å². The Kier molecular flexibility index (Phi) is 5.66. The van der Waals surface area contributed by atoms with Crippen LogP contribution in [0.25, 0.3) is 6.08 Å². The number of phenols is 2. The van der Waals surface area contributed by atoms with Crippen LogP contribution in [0.3, 0.4) is 0 Å². The summed E-state index contributed by atoms with van der Waals surface area (Å²) in [6, 6.07) is 4.02. The summed E-state index contributed by atoms with van der Waals surface area (Å²) in [6.45, 7) is 0. The van der Waals surface area contributed by atoms with Gasteiger partial charge in [0.15, 0.2) is 11.5 Å². The van der Waals surface area contributed by atoms with E-state index in [0.29, 0.717) is 5.56 Å². The van der Waals surface area contributed by atoms with E-state index in [-0.39, 0.29) is 30.8 Å². The number of ether oxygens (including phenoxy) is 1. The first kappa shape index (κ1) is 18.8. The van der Waals surface area contributed by atoms with Crippen LogP contribution in [0.5, 0.6) is 11.5 Å². The minimum atomic E-state index is -1.69. The summed E-state index contributed by atoms with van der Waals surface area (Å²) in [5, 5.41) is 41.3. The van der Waals surface area contributed by atoms with Gasteiger partial charge in [-0.2, -0.15) is 0 Å². The number of likely N-dealkylation sites (N-methyl/N-ethyl adjacent to an activating group) is 1. The summed E-state index contributed by atoms with van der Waals surface area (Å²) < 4.78 is 5.14. The van der Waals surface area contributed by atoms with Gasteiger partial charge in [0.2, 0.25) is 0 Å². The Morgan fingerprint density at radius 1 is 1.32 bits per heavy atom. The molecule has 0 aromatic heterocycles. The normalized spacial score (nSPS) is 26.4. The summed E-state index contributed by atoms with van der Waals surface area (Å²) in [7, 11) is 1.39. The van der Waals surface area contributed by atoms with Crippen LogP contribution in [0.1, 0.15) is 24.8 Å². The standard InChI is InChI=1S/C17H21NO7/c1-18-16(23)17(24)7-6-12(20)14(9-17)25-15(22)5-3-10-2-4-11(19)13(21)8-10/h2-5,8,12,14,19-21,24H,6-7,9H2,1H3,(H,18,23)/b5-3+/t12-,14-,17+/m1/s1. The van der Waals surface area contributed by atoms with Gasteiger partial charge in [-0.05, 0) is 36.6 Å². The lowest BCUT2D eigenvalue weighted by atomic mass is 9.81. The number of nitrogens with one attached hydrogen (secondary N) is 1. The quantitative estimate of drug-likeness (QED) is 0.294. The molecule has 0 spiro atoms. The third-order valence-corrected chi connectivity index (χ3v) is 4.15. The van der Waals surface area contributed by atoms with Crippen molar-refractivity contribution >= 4 is 18.0 Å². The van der Waals surface area contributed by atoms with Crippen molar-refractivity contribution in [3.05, 3.63) is 29.8 Å². The summed E-state index contributed by atoms with van der Waals surface area (Å²) in [4.78, 5) is 23.7. The minimum absolute atomic E-state index is 0.0739. The number of rotatable bonds is 4. The maximum atomic E-state index is 11.9. The fraction of sp³-hybridized carbons (Fsp3) is 0.412. The summed E-state index contributed by atoms with van der Waals surface area (Å²) in [5.41, 5.74) is -1.23. The van der Waals surface area contributed by atoms with E-state index in [1.54, 1.807) is 0 Å². The number of benzene rings is 1. The molecule has 8 heteroatoms. The van der Waals surface area contributed by atoms with Crippen LogP contribution in [0.15, 0.2) is 24.3 Å². The highest BCUT2D eigenvalue weighted by atomic mass is 16.6. The maximum Gasteiger partial charge on any atom is 0.331 e. The van der Waals surface area contributed by atoms with Crippen molar-refractivity contribution in [1.82, 2.24) is 5.32 Å². The Morgan fingerprint density at radius 3 is 2.68 bits per heavy atom. The molecule has 25 heavy (non-hydrogen) atoms. The number of phenolic OH excluding ortho intramolecular Hbond substituents is 2. The van der Waals surface area contributed by atoms with E-state index in [1.165, 1.54) is 31.3 Å². The number of hydrogen-bond donors (Lipinski definition) is 5. The number of carbonyl (C=O) groups excluding carboxylic acids is 2. The lowest BCUT2D eigenvalue weighted by Gasteiger charge is -2.37. The molecule has 1 aliphatic rings. The molecule has 2 rings (SSSR count). The predicted octanol–water partition coefficient (Wildman–Crippen LogP) is 0.0447. The van der Waals surface area contributed by atoms with Crippen LogP contribution in [0.2, 0.25) is 0 Å². The SMILES string of the molecule is CNC(=O)[C@]1(O)CC[C@@H](O)[C@H](OC(=O)/C=C/c2ccc(O)c(O)c2)C1. The lowest BCUT2D eigenvalue weighted by molar-refractivity contribution is -0.169. The van der Waals surface area contributed by atoms with Gasteiger partial charge in [-0.1, -0.05) is 6.07 Å². The fourth-order valence-electron chi connectivity index (χ4n) is 2.70. The number of esters is 1. The number of aliphatic hydroxyl groups is 2. The Balaban J connectivity index is 2.01. The largest absolute Gasteiger partial charge is 0.504 e. The zero-order chi connectivity index (χ0) is 18.6. The molecule has 8 nitrogen and oxygen atoms in total. The van der Waals surface area contributed by atoms with Crippen molar-refractivity contribution < 1.29 is 34.8 Å². The fourth-order valence-corrected chi connectivity index (χ4v) is 2.70. The molecule has 0 saturated heterocycles. The molecule has 136 valence electrons. The molecular formula is C17H21NO7. The second kappa shape index (κ2) is 7.54. The first-order chi connectivity index (χ1) is 11.7. The van der Waals surface area contributed by atoms with Crippen LogP contribution < -0.4 is 5.32 Å². The van der Waals surface area contributed by atoms with E-state index >= 15 is 0 Å². The van der Waals surface area contributed by atoms with Crippen molar-refractivity contribution in [2.75, 3.05) is 7.05 Å². The van der Waals surface area contributed by atoms with Crippen molar-refractivity contribution in [2.45, 2.75) is 37.1 Å². The molecule has 0 heterocycles. The van der Waals surface area contributed by atoms with E-state index in [1.807, 2.05) is 0 Å². The maximum absolute atomic E-state index is 11.9. The highest BCUT2D eigenvalue weighted by Crippen LogP contribution is 2.31. The molecule has 0 bridgehead atoms. The van der Waals surface area contributed by atoms with Gasteiger partial charge in [0.1, 0.15) is 11.7 Å². The predicted molar refractivity (Wildman–Crippen MR) is 87.6 cm³/mol. The van der Waals surface area contributed by atoms with Crippen molar-refractivity contribution in [1.29, 1.82) is 0 Å². The summed E-state index contributed by atoms with van der Waals surface area (Å²) in [6.07, 6.45) is 0.463. The second-order valence-electron chi connectivity index (χ2n) is 5.98. The van der Waals surface area contributed by atoms with Crippen LogP contribution in [0, 0.1) is 0 Å². The molecule has 0 radical (unpaired) electrons. The van der Waals surface area contributed by atoms with E-state index in [2.05, 4.69) is 5.32 Å². The van der Waals surface area contributed by atoms with E-state index in [9.17, 15) is 30.0 Å².